The summed E-state index contributed by atoms with van der Waals surface area (Å²) in [5.41, 5.74) is 1.69. The quantitative estimate of drug-likeness (QED) is 0.823. The predicted octanol–water partition coefficient (Wildman–Crippen LogP) is 1.71. The van der Waals surface area contributed by atoms with Gasteiger partial charge >= 0.3 is 0 Å². The lowest BCUT2D eigenvalue weighted by atomic mass is 10.2. The Kier molecular flexibility index (Phi) is 5.92. The Morgan fingerprint density at radius 1 is 1.21 bits per heavy atom. The van der Waals surface area contributed by atoms with Gasteiger partial charge in [0, 0.05) is 24.6 Å². The van der Waals surface area contributed by atoms with Crippen molar-refractivity contribution in [1.29, 1.82) is 0 Å². The second-order valence-corrected chi connectivity index (χ2v) is 7.80. The van der Waals surface area contributed by atoms with E-state index in [2.05, 4.69) is 10.3 Å². The van der Waals surface area contributed by atoms with Crippen molar-refractivity contribution in [2.75, 3.05) is 6.26 Å². The van der Waals surface area contributed by atoms with E-state index >= 15 is 0 Å². The average molecular weight is 348 g/mol. The number of pyridine rings is 1. The Morgan fingerprint density at radius 2 is 1.92 bits per heavy atom. The van der Waals surface area contributed by atoms with Crippen LogP contribution in [-0.2, 0) is 27.8 Å². The minimum absolute atomic E-state index is 0.149. The predicted molar refractivity (Wildman–Crippen MR) is 91.2 cm³/mol. The number of rotatable bonds is 7. The molecule has 24 heavy (non-hydrogen) atoms. The summed E-state index contributed by atoms with van der Waals surface area (Å²) in [6.07, 6.45) is 2.64. The van der Waals surface area contributed by atoms with Gasteiger partial charge in [0.25, 0.3) is 0 Å². The molecule has 1 unspecified atom stereocenters. The Labute approximate surface area is 141 Å². The average Bonchev–Trinajstić information content (AvgIpc) is 2.58. The second kappa shape index (κ2) is 7.92. The van der Waals surface area contributed by atoms with Crippen LogP contribution in [0.25, 0.3) is 0 Å². The van der Waals surface area contributed by atoms with Gasteiger partial charge in [0.2, 0.25) is 11.8 Å². The fourth-order valence-corrected chi connectivity index (χ4v) is 2.41. The van der Waals surface area contributed by atoms with E-state index in [-0.39, 0.29) is 6.54 Å². The van der Waals surface area contributed by atoms with Crippen molar-refractivity contribution in [3.63, 3.8) is 0 Å². The van der Waals surface area contributed by atoms with Crippen molar-refractivity contribution >= 4 is 15.7 Å². The van der Waals surface area contributed by atoms with Crippen molar-refractivity contribution < 1.29 is 17.9 Å². The van der Waals surface area contributed by atoms with E-state index in [0.29, 0.717) is 18.1 Å². The van der Waals surface area contributed by atoms with Crippen LogP contribution in [0.2, 0.25) is 0 Å². The first kappa shape index (κ1) is 17.9. The molecule has 0 bridgehead atoms. The molecule has 2 rings (SSSR count). The van der Waals surface area contributed by atoms with E-state index in [1.54, 1.807) is 18.3 Å². The lowest BCUT2D eigenvalue weighted by molar-refractivity contribution is -0.120. The molecule has 0 fully saturated rings. The maximum Gasteiger partial charge on any atom is 0.238 e. The molecule has 6 nitrogen and oxygen atoms in total. The third-order valence-corrected chi connectivity index (χ3v) is 5.03. The molecule has 1 N–H and O–H groups in total. The molecule has 0 aliphatic rings. The highest BCUT2D eigenvalue weighted by atomic mass is 32.2. The van der Waals surface area contributed by atoms with E-state index in [1.807, 2.05) is 30.3 Å². The minimum Gasteiger partial charge on any atom is -0.473 e. The van der Waals surface area contributed by atoms with Gasteiger partial charge in [0.15, 0.2) is 9.84 Å². The molecule has 1 atom stereocenters. The van der Waals surface area contributed by atoms with Gasteiger partial charge in [-0.3, -0.25) is 4.79 Å². The number of ether oxygens (including phenoxy) is 1. The molecule has 7 heteroatoms. The first-order valence-electron chi connectivity index (χ1n) is 7.45. The van der Waals surface area contributed by atoms with Crippen LogP contribution in [0.1, 0.15) is 18.1 Å². The SMILES string of the molecule is CC(C(=O)NCc1cccnc1OCc1ccccc1)S(C)(=O)=O. The third-order valence-electron chi connectivity index (χ3n) is 3.53. The Balaban J connectivity index is 2.00. The first-order chi connectivity index (χ1) is 11.4. The lowest BCUT2D eigenvalue weighted by Gasteiger charge is -2.13. The Bertz CT molecular complexity index is 791. The summed E-state index contributed by atoms with van der Waals surface area (Å²) in [4.78, 5) is 16.1. The number of sulfone groups is 1. The van der Waals surface area contributed by atoms with Gasteiger partial charge < -0.3 is 10.1 Å². The smallest absolute Gasteiger partial charge is 0.238 e. The van der Waals surface area contributed by atoms with Gasteiger partial charge in [0.05, 0.1) is 0 Å². The number of benzene rings is 1. The summed E-state index contributed by atoms with van der Waals surface area (Å²) >= 11 is 0. The number of aromatic nitrogens is 1. The summed E-state index contributed by atoms with van der Waals surface area (Å²) < 4.78 is 28.5. The fourth-order valence-electron chi connectivity index (χ4n) is 1.94. The molecular formula is C17H20N2O4S. The number of amides is 1. The van der Waals surface area contributed by atoms with Crippen LogP contribution in [0.3, 0.4) is 0 Å². The largest absolute Gasteiger partial charge is 0.473 e. The normalized spacial score (nSPS) is 12.4. The minimum atomic E-state index is -3.42. The van der Waals surface area contributed by atoms with Crippen molar-refractivity contribution in [1.82, 2.24) is 10.3 Å². The highest BCUT2D eigenvalue weighted by molar-refractivity contribution is 7.92. The van der Waals surface area contributed by atoms with E-state index in [1.165, 1.54) is 6.92 Å². The van der Waals surface area contributed by atoms with Gasteiger partial charge in [-0.15, -0.1) is 0 Å². The van der Waals surface area contributed by atoms with Gasteiger partial charge in [-0.05, 0) is 18.6 Å². The summed E-state index contributed by atoms with van der Waals surface area (Å²) in [5.74, 6) is -0.135. The van der Waals surface area contributed by atoms with E-state index < -0.39 is 21.0 Å². The molecule has 1 aromatic heterocycles. The highest BCUT2D eigenvalue weighted by Gasteiger charge is 2.23. The fraction of sp³-hybridized carbons (Fsp3) is 0.294. The monoisotopic (exact) mass is 348 g/mol. The van der Waals surface area contributed by atoms with Crippen LogP contribution in [0.15, 0.2) is 48.7 Å². The maximum absolute atomic E-state index is 11.9. The molecule has 2 aromatic rings. The standard InChI is InChI=1S/C17H20N2O4S/c1-13(24(2,21)22)16(20)19-11-15-9-6-10-18-17(15)23-12-14-7-4-3-5-8-14/h3-10,13H,11-12H2,1-2H3,(H,19,20). The van der Waals surface area contributed by atoms with Gasteiger partial charge in [-0.2, -0.15) is 0 Å². The highest BCUT2D eigenvalue weighted by Crippen LogP contribution is 2.16. The van der Waals surface area contributed by atoms with E-state index in [0.717, 1.165) is 11.8 Å². The van der Waals surface area contributed by atoms with Crippen molar-refractivity contribution in [2.24, 2.45) is 0 Å². The molecule has 0 saturated carbocycles. The zero-order valence-corrected chi connectivity index (χ0v) is 14.4. The molecule has 128 valence electrons. The summed E-state index contributed by atoms with van der Waals surface area (Å²) in [7, 11) is -3.42. The van der Waals surface area contributed by atoms with Crippen molar-refractivity contribution in [3.05, 3.63) is 59.8 Å². The molecule has 1 amide bonds. The van der Waals surface area contributed by atoms with Crippen LogP contribution < -0.4 is 10.1 Å². The second-order valence-electron chi connectivity index (χ2n) is 5.43. The van der Waals surface area contributed by atoms with Crippen molar-refractivity contribution in [2.45, 2.75) is 25.3 Å². The van der Waals surface area contributed by atoms with Crippen LogP contribution in [0.4, 0.5) is 0 Å². The topological polar surface area (TPSA) is 85.4 Å². The zero-order chi connectivity index (χ0) is 17.6. The maximum atomic E-state index is 11.9. The van der Waals surface area contributed by atoms with E-state index in [4.69, 9.17) is 4.74 Å². The lowest BCUT2D eigenvalue weighted by Crippen LogP contribution is -2.37. The number of carbonyl (C=O) groups excluding carboxylic acids is 1. The third kappa shape index (κ3) is 5.06. The molecule has 0 aliphatic heterocycles. The molecular weight excluding hydrogens is 328 g/mol. The summed E-state index contributed by atoms with van der Waals surface area (Å²) in [6, 6.07) is 13.2. The molecule has 0 spiro atoms. The Hall–Kier alpha value is -2.41. The molecule has 1 aromatic carbocycles. The van der Waals surface area contributed by atoms with Crippen LogP contribution in [0, 0.1) is 0 Å². The van der Waals surface area contributed by atoms with E-state index in [9.17, 15) is 13.2 Å². The molecule has 0 radical (unpaired) electrons. The van der Waals surface area contributed by atoms with Crippen LogP contribution in [-0.4, -0.2) is 30.8 Å². The Morgan fingerprint density at radius 3 is 2.58 bits per heavy atom. The summed E-state index contributed by atoms with van der Waals surface area (Å²) in [5, 5.41) is 1.51. The zero-order valence-electron chi connectivity index (χ0n) is 13.6. The molecule has 0 aliphatic carbocycles. The number of hydrogen-bond donors (Lipinski definition) is 1. The van der Waals surface area contributed by atoms with Crippen molar-refractivity contribution in [3.8, 4) is 5.88 Å². The number of carbonyl (C=O) groups is 1. The first-order valence-corrected chi connectivity index (χ1v) is 9.40. The van der Waals surface area contributed by atoms with Crippen LogP contribution >= 0.6 is 0 Å². The number of hydrogen-bond acceptors (Lipinski definition) is 5. The molecule has 0 saturated heterocycles. The summed E-state index contributed by atoms with van der Waals surface area (Å²) in [6.45, 7) is 1.87. The van der Waals surface area contributed by atoms with Gasteiger partial charge in [-0.25, -0.2) is 13.4 Å². The van der Waals surface area contributed by atoms with Crippen LogP contribution in [0.5, 0.6) is 5.88 Å². The van der Waals surface area contributed by atoms with Gasteiger partial charge in [0.1, 0.15) is 11.9 Å². The number of nitrogens with zero attached hydrogens (tertiary/aromatic N) is 1. The number of nitrogens with one attached hydrogen (secondary N) is 1. The molecule has 1 heterocycles. The van der Waals surface area contributed by atoms with Gasteiger partial charge in [-0.1, -0.05) is 36.4 Å².